The van der Waals surface area contributed by atoms with E-state index in [1.807, 2.05) is 31.2 Å². The fourth-order valence-electron chi connectivity index (χ4n) is 2.01. The number of benzene rings is 1. The fourth-order valence-corrected chi connectivity index (χ4v) is 2.01. The molecule has 1 amide bonds. The number of hydrogen-bond donors (Lipinski definition) is 3. The van der Waals surface area contributed by atoms with E-state index in [2.05, 4.69) is 20.9 Å². The molecule has 5 nitrogen and oxygen atoms in total. The lowest BCUT2D eigenvalue weighted by Gasteiger charge is -2.11. The molecule has 1 aliphatic rings. The minimum absolute atomic E-state index is 0.0288. The summed E-state index contributed by atoms with van der Waals surface area (Å²) in [5, 5.41) is 9.39. The summed E-state index contributed by atoms with van der Waals surface area (Å²) in [5.41, 5.74) is 1.81. The molecule has 114 valence electrons. The number of hydrogen-bond acceptors (Lipinski definition) is 2. The Morgan fingerprint density at radius 1 is 1.19 bits per heavy atom. The molecule has 0 spiro atoms. The Morgan fingerprint density at radius 3 is 2.48 bits per heavy atom. The van der Waals surface area contributed by atoms with Gasteiger partial charge in [-0.25, -0.2) is 0 Å². The van der Waals surface area contributed by atoms with E-state index in [4.69, 9.17) is 0 Å². The molecule has 1 saturated carbocycles. The third kappa shape index (κ3) is 5.10. The van der Waals surface area contributed by atoms with E-state index in [9.17, 15) is 4.79 Å². The van der Waals surface area contributed by atoms with Crippen LogP contribution in [0.15, 0.2) is 29.3 Å². The summed E-state index contributed by atoms with van der Waals surface area (Å²) >= 11 is 0. The number of amides is 1. The Morgan fingerprint density at radius 2 is 1.90 bits per heavy atom. The van der Waals surface area contributed by atoms with Crippen LogP contribution in [-0.2, 0) is 6.54 Å². The molecular formula is C16H24N4O. The number of nitrogens with one attached hydrogen (secondary N) is 3. The van der Waals surface area contributed by atoms with Gasteiger partial charge < -0.3 is 16.0 Å². The minimum atomic E-state index is -0.0288. The molecule has 21 heavy (non-hydrogen) atoms. The van der Waals surface area contributed by atoms with Crippen LogP contribution in [-0.4, -0.2) is 32.0 Å². The first-order valence-corrected chi connectivity index (χ1v) is 7.54. The highest BCUT2D eigenvalue weighted by Crippen LogP contribution is 2.27. The Labute approximate surface area is 126 Å². The molecule has 1 aliphatic carbocycles. The molecule has 1 aromatic rings. The van der Waals surface area contributed by atoms with Gasteiger partial charge in [0.2, 0.25) is 0 Å². The molecule has 1 aromatic carbocycles. The Balaban J connectivity index is 1.80. The summed E-state index contributed by atoms with van der Waals surface area (Å²) in [6.45, 7) is 4.25. The van der Waals surface area contributed by atoms with E-state index >= 15 is 0 Å². The van der Waals surface area contributed by atoms with Gasteiger partial charge in [-0.1, -0.05) is 12.1 Å². The Kier molecular flexibility index (Phi) is 5.60. The standard InChI is InChI=1S/C16H24N4O/c1-3-18-15(21)14-8-6-13(7-9-14)11-20-16(17-2)19-10-12-4-5-12/h6-9,12H,3-5,10-11H2,1-2H3,(H,18,21)(H2,17,19,20). The first-order valence-electron chi connectivity index (χ1n) is 7.54. The predicted molar refractivity (Wildman–Crippen MR) is 85.4 cm³/mol. The van der Waals surface area contributed by atoms with E-state index in [1.54, 1.807) is 7.05 Å². The van der Waals surface area contributed by atoms with Gasteiger partial charge in [-0.15, -0.1) is 0 Å². The first-order chi connectivity index (χ1) is 10.2. The van der Waals surface area contributed by atoms with Crippen molar-refractivity contribution in [1.29, 1.82) is 0 Å². The molecule has 0 unspecified atom stereocenters. The van der Waals surface area contributed by atoms with Crippen molar-refractivity contribution in [3.05, 3.63) is 35.4 Å². The van der Waals surface area contributed by atoms with Gasteiger partial charge in [0, 0.05) is 32.2 Å². The van der Waals surface area contributed by atoms with Gasteiger partial charge in [-0.3, -0.25) is 9.79 Å². The molecule has 0 radical (unpaired) electrons. The van der Waals surface area contributed by atoms with Crippen molar-refractivity contribution in [2.75, 3.05) is 20.1 Å². The van der Waals surface area contributed by atoms with Gasteiger partial charge >= 0.3 is 0 Å². The largest absolute Gasteiger partial charge is 0.356 e. The van der Waals surface area contributed by atoms with E-state index in [1.165, 1.54) is 12.8 Å². The van der Waals surface area contributed by atoms with Crippen molar-refractivity contribution in [1.82, 2.24) is 16.0 Å². The second kappa shape index (κ2) is 7.67. The second-order valence-electron chi connectivity index (χ2n) is 5.31. The smallest absolute Gasteiger partial charge is 0.251 e. The minimum Gasteiger partial charge on any atom is -0.356 e. The highest BCUT2D eigenvalue weighted by atomic mass is 16.1. The van der Waals surface area contributed by atoms with Crippen molar-refractivity contribution >= 4 is 11.9 Å². The van der Waals surface area contributed by atoms with Crippen molar-refractivity contribution in [3.63, 3.8) is 0 Å². The summed E-state index contributed by atoms with van der Waals surface area (Å²) in [7, 11) is 1.78. The quantitative estimate of drug-likeness (QED) is 0.549. The Bertz CT molecular complexity index is 492. The summed E-state index contributed by atoms with van der Waals surface area (Å²) in [6, 6.07) is 7.63. The fraction of sp³-hybridized carbons (Fsp3) is 0.500. The number of aliphatic imine (C=N–C) groups is 1. The van der Waals surface area contributed by atoms with Gasteiger partial charge in [0.1, 0.15) is 0 Å². The number of guanidine groups is 1. The maximum atomic E-state index is 11.7. The molecule has 2 rings (SSSR count). The topological polar surface area (TPSA) is 65.5 Å². The first kappa shape index (κ1) is 15.4. The maximum absolute atomic E-state index is 11.7. The molecule has 3 N–H and O–H groups in total. The monoisotopic (exact) mass is 288 g/mol. The van der Waals surface area contributed by atoms with Gasteiger partial charge in [0.15, 0.2) is 5.96 Å². The number of rotatable bonds is 6. The number of carbonyl (C=O) groups excluding carboxylic acids is 1. The van der Waals surface area contributed by atoms with Crippen molar-refractivity contribution < 1.29 is 4.79 Å². The van der Waals surface area contributed by atoms with Crippen LogP contribution >= 0.6 is 0 Å². The van der Waals surface area contributed by atoms with E-state index in [0.29, 0.717) is 18.7 Å². The lowest BCUT2D eigenvalue weighted by molar-refractivity contribution is 0.0956. The summed E-state index contributed by atoms with van der Waals surface area (Å²) < 4.78 is 0. The molecule has 0 atom stereocenters. The van der Waals surface area contributed by atoms with Crippen LogP contribution in [0.25, 0.3) is 0 Å². The molecule has 0 saturated heterocycles. The molecule has 0 bridgehead atoms. The van der Waals surface area contributed by atoms with Crippen LogP contribution < -0.4 is 16.0 Å². The number of carbonyl (C=O) groups is 1. The van der Waals surface area contributed by atoms with Crippen LogP contribution in [0.5, 0.6) is 0 Å². The van der Waals surface area contributed by atoms with Gasteiger partial charge in [-0.05, 0) is 43.4 Å². The zero-order valence-corrected chi connectivity index (χ0v) is 12.8. The van der Waals surface area contributed by atoms with Crippen LogP contribution in [0.4, 0.5) is 0 Å². The van der Waals surface area contributed by atoms with Crippen molar-refractivity contribution in [2.24, 2.45) is 10.9 Å². The van der Waals surface area contributed by atoms with Gasteiger partial charge in [0.25, 0.3) is 5.91 Å². The second-order valence-corrected chi connectivity index (χ2v) is 5.31. The van der Waals surface area contributed by atoms with E-state index in [-0.39, 0.29) is 5.91 Å². The van der Waals surface area contributed by atoms with Gasteiger partial charge in [-0.2, -0.15) is 0 Å². The zero-order chi connectivity index (χ0) is 15.1. The van der Waals surface area contributed by atoms with E-state index in [0.717, 1.165) is 24.0 Å². The molecule has 1 fully saturated rings. The number of nitrogens with zero attached hydrogens (tertiary/aromatic N) is 1. The van der Waals surface area contributed by atoms with Crippen LogP contribution in [0, 0.1) is 5.92 Å². The van der Waals surface area contributed by atoms with Crippen LogP contribution in [0.2, 0.25) is 0 Å². The SMILES string of the molecule is CCNC(=O)c1ccc(CNC(=NC)NCC2CC2)cc1. The lowest BCUT2D eigenvalue weighted by atomic mass is 10.1. The normalized spacial score (nSPS) is 14.7. The average Bonchev–Trinajstić information content (AvgIpc) is 3.32. The average molecular weight is 288 g/mol. The van der Waals surface area contributed by atoms with Crippen LogP contribution in [0.3, 0.4) is 0 Å². The third-order valence-electron chi connectivity index (χ3n) is 3.49. The summed E-state index contributed by atoms with van der Waals surface area (Å²) in [4.78, 5) is 15.9. The van der Waals surface area contributed by atoms with Crippen LogP contribution in [0.1, 0.15) is 35.7 Å². The predicted octanol–water partition coefficient (Wildman–Crippen LogP) is 1.51. The maximum Gasteiger partial charge on any atom is 0.251 e. The highest BCUT2D eigenvalue weighted by molar-refractivity contribution is 5.94. The molecule has 0 aliphatic heterocycles. The summed E-state index contributed by atoms with van der Waals surface area (Å²) in [5.74, 6) is 1.62. The molecule has 0 heterocycles. The zero-order valence-electron chi connectivity index (χ0n) is 12.8. The highest BCUT2D eigenvalue weighted by Gasteiger charge is 2.20. The molecule has 0 aromatic heterocycles. The Hall–Kier alpha value is -2.04. The van der Waals surface area contributed by atoms with Crippen molar-refractivity contribution in [3.8, 4) is 0 Å². The molecular weight excluding hydrogens is 264 g/mol. The van der Waals surface area contributed by atoms with Crippen molar-refractivity contribution in [2.45, 2.75) is 26.3 Å². The van der Waals surface area contributed by atoms with Gasteiger partial charge in [0.05, 0.1) is 0 Å². The summed E-state index contributed by atoms with van der Waals surface area (Å²) in [6.07, 6.45) is 2.65. The lowest BCUT2D eigenvalue weighted by Crippen LogP contribution is -2.37. The van der Waals surface area contributed by atoms with E-state index < -0.39 is 0 Å². The molecule has 5 heteroatoms. The third-order valence-corrected chi connectivity index (χ3v) is 3.49.